The molecule has 4 aromatic rings. The number of methoxy groups -OCH3 is 1. The number of benzene rings is 1. The summed E-state index contributed by atoms with van der Waals surface area (Å²) < 4.78 is 12.3. The van der Waals surface area contributed by atoms with Crippen LogP contribution in [0.2, 0.25) is 0 Å². The van der Waals surface area contributed by atoms with Crippen molar-refractivity contribution in [1.82, 2.24) is 19.5 Å². The minimum Gasteiger partial charge on any atom is -0.493 e. The number of carbonyl (C=O) groups is 1. The Hall–Kier alpha value is -4.01. The van der Waals surface area contributed by atoms with Crippen LogP contribution >= 0.6 is 0 Å². The van der Waals surface area contributed by atoms with Crippen molar-refractivity contribution in [2.75, 3.05) is 12.4 Å². The maximum absolute atomic E-state index is 12.6. The molecule has 0 bridgehead atoms. The molecule has 0 saturated heterocycles. The molecule has 152 valence electrons. The van der Waals surface area contributed by atoms with Gasteiger partial charge >= 0.3 is 5.63 Å². The monoisotopic (exact) mass is 405 g/mol. The highest BCUT2D eigenvalue weighted by molar-refractivity contribution is 6.05. The van der Waals surface area contributed by atoms with Gasteiger partial charge in [-0.25, -0.2) is 19.7 Å². The van der Waals surface area contributed by atoms with Crippen LogP contribution in [0.3, 0.4) is 0 Å². The molecule has 0 aliphatic carbocycles. The predicted molar refractivity (Wildman–Crippen MR) is 110 cm³/mol. The number of nitrogens with zero attached hydrogens (tertiary/aromatic N) is 4. The van der Waals surface area contributed by atoms with Crippen molar-refractivity contribution < 1.29 is 13.9 Å². The van der Waals surface area contributed by atoms with Crippen molar-refractivity contribution in [1.29, 1.82) is 0 Å². The molecule has 0 unspecified atom stereocenters. The Morgan fingerprint density at radius 1 is 1.17 bits per heavy atom. The van der Waals surface area contributed by atoms with Crippen molar-refractivity contribution in [2.45, 2.75) is 20.8 Å². The number of anilines is 1. The van der Waals surface area contributed by atoms with Crippen LogP contribution in [0.1, 0.15) is 27.6 Å². The van der Waals surface area contributed by atoms with Gasteiger partial charge in [0.25, 0.3) is 5.91 Å². The van der Waals surface area contributed by atoms with Crippen LogP contribution in [-0.4, -0.2) is 32.5 Å². The molecule has 9 heteroatoms. The lowest BCUT2D eigenvalue weighted by Gasteiger charge is -2.08. The van der Waals surface area contributed by atoms with E-state index in [0.29, 0.717) is 22.8 Å². The Kier molecular flexibility index (Phi) is 4.78. The average Bonchev–Trinajstić information content (AvgIpc) is 2.99. The number of aromatic nitrogens is 4. The molecule has 1 amide bonds. The van der Waals surface area contributed by atoms with Gasteiger partial charge < -0.3 is 14.5 Å². The van der Waals surface area contributed by atoms with Crippen molar-refractivity contribution >= 4 is 22.6 Å². The van der Waals surface area contributed by atoms with E-state index in [1.165, 1.54) is 25.6 Å². The van der Waals surface area contributed by atoms with Crippen LogP contribution in [0, 0.1) is 20.8 Å². The maximum Gasteiger partial charge on any atom is 0.349 e. The highest BCUT2D eigenvalue weighted by atomic mass is 16.5. The van der Waals surface area contributed by atoms with Gasteiger partial charge in [-0.2, -0.15) is 0 Å². The Labute approximate surface area is 171 Å². The zero-order valence-corrected chi connectivity index (χ0v) is 16.9. The van der Waals surface area contributed by atoms with Crippen molar-refractivity contribution in [2.24, 2.45) is 0 Å². The third-order valence-electron chi connectivity index (χ3n) is 4.80. The normalized spacial score (nSPS) is 10.9. The number of ether oxygens (including phenoxy) is 1. The van der Waals surface area contributed by atoms with Gasteiger partial charge in [-0.05, 0) is 32.9 Å². The topological polar surface area (TPSA) is 112 Å². The molecule has 0 saturated carbocycles. The van der Waals surface area contributed by atoms with E-state index in [9.17, 15) is 9.59 Å². The van der Waals surface area contributed by atoms with E-state index in [0.717, 1.165) is 17.2 Å². The number of para-hydroxylation sites is 1. The van der Waals surface area contributed by atoms with Gasteiger partial charge in [-0.3, -0.25) is 9.36 Å². The van der Waals surface area contributed by atoms with Gasteiger partial charge in [-0.15, -0.1) is 0 Å². The quantitative estimate of drug-likeness (QED) is 0.520. The van der Waals surface area contributed by atoms with Crippen LogP contribution in [-0.2, 0) is 0 Å². The molecule has 30 heavy (non-hydrogen) atoms. The highest BCUT2D eigenvalue weighted by Gasteiger charge is 2.17. The van der Waals surface area contributed by atoms with Crippen LogP contribution in [0.25, 0.3) is 16.9 Å². The number of carbonyl (C=O) groups excluding carboxylic acids is 1. The van der Waals surface area contributed by atoms with Gasteiger partial charge in [-0.1, -0.05) is 12.1 Å². The fourth-order valence-electron chi connectivity index (χ4n) is 3.21. The highest BCUT2D eigenvalue weighted by Crippen LogP contribution is 2.24. The van der Waals surface area contributed by atoms with E-state index in [1.807, 2.05) is 25.3 Å². The maximum atomic E-state index is 12.6. The summed E-state index contributed by atoms with van der Waals surface area (Å²) in [6.07, 6.45) is 2.94. The first-order valence-corrected chi connectivity index (χ1v) is 9.16. The summed E-state index contributed by atoms with van der Waals surface area (Å²) in [5.41, 5.74) is 1.58. The van der Waals surface area contributed by atoms with Crippen LogP contribution in [0.4, 0.5) is 5.69 Å². The van der Waals surface area contributed by atoms with Crippen LogP contribution in [0.5, 0.6) is 5.75 Å². The zero-order valence-electron chi connectivity index (χ0n) is 16.9. The van der Waals surface area contributed by atoms with Gasteiger partial charge in [0.2, 0.25) is 5.95 Å². The summed E-state index contributed by atoms with van der Waals surface area (Å²) in [7, 11) is 1.48. The van der Waals surface area contributed by atoms with E-state index >= 15 is 0 Å². The summed E-state index contributed by atoms with van der Waals surface area (Å²) in [6, 6.07) is 6.62. The van der Waals surface area contributed by atoms with Crippen molar-refractivity contribution in [3.8, 4) is 11.7 Å². The first-order valence-electron chi connectivity index (χ1n) is 9.16. The third kappa shape index (κ3) is 3.30. The van der Waals surface area contributed by atoms with E-state index in [1.54, 1.807) is 18.2 Å². The number of hydrogen-bond acceptors (Lipinski definition) is 7. The number of hydrogen-bond donors (Lipinski definition) is 1. The lowest BCUT2D eigenvalue weighted by Crippen LogP contribution is -2.21. The summed E-state index contributed by atoms with van der Waals surface area (Å²) in [4.78, 5) is 38.0. The molecule has 0 aliphatic rings. The Balaban J connectivity index is 1.61. The van der Waals surface area contributed by atoms with Crippen molar-refractivity contribution in [3.05, 3.63) is 69.9 Å². The molecule has 3 aromatic heterocycles. The molecule has 0 atom stereocenters. The Morgan fingerprint density at radius 3 is 2.53 bits per heavy atom. The fraction of sp³-hybridized carbons (Fsp3) is 0.190. The zero-order chi connectivity index (χ0) is 21.4. The number of nitrogens with one attached hydrogen (secondary N) is 1. The molecule has 9 nitrogen and oxygen atoms in total. The average molecular weight is 405 g/mol. The van der Waals surface area contributed by atoms with Gasteiger partial charge in [0.15, 0.2) is 11.3 Å². The summed E-state index contributed by atoms with van der Waals surface area (Å²) in [5, 5.41) is 3.20. The first-order chi connectivity index (χ1) is 14.4. The smallest absolute Gasteiger partial charge is 0.349 e. The molecular formula is C21H19N5O4. The largest absolute Gasteiger partial charge is 0.493 e. The van der Waals surface area contributed by atoms with Gasteiger partial charge in [0.05, 0.1) is 30.9 Å². The van der Waals surface area contributed by atoms with E-state index in [-0.39, 0.29) is 11.1 Å². The second-order valence-corrected chi connectivity index (χ2v) is 6.72. The standard InChI is InChI=1S/C21H19N5O4/c1-11-12(2)26(13(3)24-11)21-22-9-15(10-23-21)25-19(27)16-8-14-6-5-7-17(29-4)18(14)30-20(16)28/h5-10H,1-4H3,(H,25,27). The minimum atomic E-state index is -0.762. The lowest BCUT2D eigenvalue weighted by atomic mass is 10.1. The Morgan fingerprint density at radius 2 is 1.90 bits per heavy atom. The van der Waals surface area contributed by atoms with E-state index < -0.39 is 11.5 Å². The van der Waals surface area contributed by atoms with E-state index in [2.05, 4.69) is 20.3 Å². The third-order valence-corrected chi connectivity index (χ3v) is 4.80. The molecule has 0 aliphatic heterocycles. The summed E-state index contributed by atoms with van der Waals surface area (Å²) >= 11 is 0. The first kappa shape index (κ1) is 19.3. The SMILES string of the molecule is COc1cccc2cc(C(=O)Nc3cnc(-n4c(C)nc(C)c4C)nc3)c(=O)oc12. The number of aryl methyl sites for hydroxylation is 2. The predicted octanol–water partition coefficient (Wildman–Crippen LogP) is 2.95. The number of rotatable bonds is 4. The summed E-state index contributed by atoms with van der Waals surface area (Å²) in [5.74, 6) is 1.02. The Bertz CT molecular complexity index is 1320. The molecule has 3 heterocycles. The van der Waals surface area contributed by atoms with Gasteiger partial charge in [0, 0.05) is 11.1 Å². The second-order valence-electron chi connectivity index (χ2n) is 6.72. The van der Waals surface area contributed by atoms with Crippen LogP contribution in [0.15, 0.2) is 45.9 Å². The molecule has 0 spiro atoms. The number of amides is 1. The second kappa shape index (κ2) is 7.43. The number of imidazole rings is 1. The molecule has 1 aromatic carbocycles. The molecule has 1 N–H and O–H groups in total. The fourth-order valence-corrected chi connectivity index (χ4v) is 3.21. The molecular weight excluding hydrogens is 386 g/mol. The minimum absolute atomic E-state index is 0.128. The number of fused-ring (bicyclic) bond motifs is 1. The summed E-state index contributed by atoms with van der Waals surface area (Å²) in [6.45, 7) is 5.72. The molecule has 4 rings (SSSR count). The van der Waals surface area contributed by atoms with E-state index in [4.69, 9.17) is 9.15 Å². The van der Waals surface area contributed by atoms with Crippen LogP contribution < -0.4 is 15.7 Å². The van der Waals surface area contributed by atoms with Crippen molar-refractivity contribution in [3.63, 3.8) is 0 Å². The molecule has 0 fully saturated rings. The van der Waals surface area contributed by atoms with Gasteiger partial charge in [0.1, 0.15) is 11.4 Å². The molecule has 0 radical (unpaired) electrons. The lowest BCUT2D eigenvalue weighted by molar-refractivity contribution is 0.102.